The molecule has 2 nitrogen and oxygen atoms in total. The summed E-state index contributed by atoms with van der Waals surface area (Å²) in [6.45, 7) is 0. The van der Waals surface area contributed by atoms with Crippen LogP contribution in [0.5, 0.6) is 0 Å². The molecule has 1 N–H and O–H groups in total. The maximum atomic E-state index is 8.44. The molecular weight excluding hydrogens is 136 g/mol. The van der Waals surface area contributed by atoms with Crippen molar-refractivity contribution in [2.45, 2.75) is 25.3 Å². The highest BCUT2D eigenvalue weighted by Gasteiger charge is 2.13. The zero-order valence-electron chi connectivity index (χ0n) is 6.88. The van der Waals surface area contributed by atoms with Crippen LogP contribution < -0.4 is 5.32 Å². The topological polar surface area (TPSA) is 35.8 Å². The Hall–Kier alpha value is -0.810. The van der Waals surface area contributed by atoms with Crippen LogP contribution >= 0.6 is 0 Å². The quantitative estimate of drug-likeness (QED) is 0.605. The van der Waals surface area contributed by atoms with Crippen LogP contribution in [-0.4, -0.2) is 13.1 Å². The third kappa shape index (κ3) is 2.36. The lowest BCUT2D eigenvalue weighted by Crippen LogP contribution is -2.26. The third-order valence-electron chi connectivity index (χ3n) is 2.19. The Balaban J connectivity index is 2.37. The van der Waals surface area contributed by atoms with Crippen LogP contribution in [0, 0.1) is 17.2 Å². The van der Waals surface area contributed by atoms with E-state index in [0.29, 0.717) is 18.4 Å². The molecule has 11 heavy (non-hydrogen) atoms. The van der Waals surface area contributed by atoms with E-state index < -0.39 is 0 Å². The highest BCUT2D eigenvalue weighted by Crippen LogP contribution is 2.19. The van der Waals surface area contributed by atoms with E-state index in [-0.39, 0.29) is 0 Å². The number of likely N-dealkylation sites (N-methyl/N-ethyl adjacent to an activating group) is 1. The summed E-state index contributed by atoms with van der Waals surface area (Å²) in [4.78, 5) is 0. The molecule has 1 aliphatic carbocycles. The Morgan fingerprint density at radius 1 is 1.55 bits per heavy atom. The molecule has 0 amide bonds. The Morgan fingerprint density at radius 3 is 2.82 bits per heavy atom. The van der Waals surface area contributed by atoms with Crippen molar-refractivity contribution in [1.82, 2.24) is 5.32 Å². The van der Waals surface area contributed by atoms with Crippen LogP contribution in [0.1, 0.15) is 19.3 Å². The first kappa shape index (κ1) is 8.29. The molecule has 0 saturated carbocycles. The van der Waals surface area contributed by atoms with E-state index >= 15 is 0 Å². The van der Waals surface area contributed by atoms with Crippen molar-refractivity contribution in [1.29, 1.82) is 5.26 Å². The molecule has 0 heterocycles. The molecule has 1 rings (SSSR count). The monoisotopic (exact) mass is 150 g/mol. The second-order valence-electron chi connectivity index (χ2n) is 2.98. The van der Waals surface area contributed by atoms with Crippen LogP contribution in [-0.2, 0) is 0 Å². The minimum absolute atomic E-state index is 0.504. The van der Waals surface area contributed by atoms with Gasteiger partial charge in [-0.05, 0) is 25.8 Å². The van der Waals surface area contributed by atoms with Gasteiger partial charge in [0.15, 0.2) is 0 Å². The molecule has 1 aliphatic rings. The minimum atomic E-state index is 0.504. The number of hydrogen-bond acceptors (Lipinski definition) is 2. The predicted molar refractivity (Wildman–Crippen MR) is 44.9 cm³/mol. The van der Waals surface area contributed by atoms with Gasteiger partial charge in [-0.1, -0.05) is 12.2 Å². The fraction of sp³-hybridized carbons (Fsp3) is 0.667. The molecule has 2 heteroatoms. The lowest BCUT2D eigenvalue weighted by atomic mass is 9.91. The van der Waals surface area contributed by atoms with Crippen molar-refractivity contribution in [3.8, 4) is 6.07 Å². The largest absolute Gasteiger partial charge is 0.314 e. The van der Waals surface area contributed by atoms with Crippen molar-refractivity contribution >= 4 is 0 Å². The number of hydrogen-bond donors (Lipinski definition) is 1. The van der Waals surface area contributed by atoms with E-state index in [1.165, 1.54) is 6.42 Å². The van der Waals surface area contributed by atoms with Crippen molar-refractivity contribution in [2.75, 3.05) is 7.05 Å². The number of nitrogens with zero attached hydrogens (tertiary/aromatic N) is 1. The summed E-state index contributed by atoms with van der Waals surface area (Å²) in [6.07, 6.45) is 7.32. The molecule has 0 fully saturated rings. The summed E-state index contributed by atoms with van der Waals surface area (Å²) in [6, 6.07) is 2.73. The lowest BCUT2D eigenvalue weighted by Gasteiger charge is -2.20. The maximum absolute atomic E-state index is 8.44. The molecule has 0 spiro atoms. The predicted octanol–water partition coefficient (Wildman–Crippen LogP) is 1.45. The molecule has 0 aromatic rings. The van der Waals surface area contributed by atoms with Gasteiger partial charge in [0.2, 0.25) is 0 Å². The van der Waals surface area contributed by atoms with Crippen LogP contribution in [0.4, 0.5) is 0 Å². The van der Waals surface area contributed by atoms with E-state index in [0.717, 1.165) is 6.42 Å². The first-order chi connectivity index (χ1) is 5.36. The number of nitrogens with one attached hydrogen (secondary N) is 1. The summed E-state index contributed by atoms with van der Waals surface area (Å²) in [5.74, 6) is 0.504. The summed E-state index contributed by atoms with van der Waals surface area (Å²) < 4.78 is 0. The van der Waals surface area contributed by atoms with Crippen LogP contribution in [0.15, 0.2) is 12.2 Å². The normalized spacial score (nSPS) is 29.8. The summed E-state index contributed by atoms with van der Waals surface area (Å²) in [5, 5.41) is 11.6. The first-order valence-electron chi connectivity index (χ1n) is 4.09. The van der Waals surface area contributed by atoms with E-state index in [9.17, 15) is 0 Å². The van der Waals surface area contributed by atoms with Gasteiger partial charge in [-0.25, -0.2) is 0 Å². The van der Waals surface area contributed by atoms with E-state index in [1.54, 1.807) is 0 Å². The molecule has 2 unspecified atom stereocenters. The van der Waals surface area contributed by atoms with E-state index in [1.807, 2.05) is 7.05 Å². The molecule has 0 saturated heterocycles. The summed E-state index contributed by atoms with van der Waals surface area (Å²) in [7, 11) is 1.97. The molecule has 0 aromatic carbocycles. The van der Waals surface area contributed by atoms with Gasteiger partial charge in [-0.15, -0.1) is 0 Å². The molecule has 0 radical (unpaired) electrons. The molecule has 60 valence electrons. The van der Waals surface area contributed by atoms with Gasteiger partial charge in [-0.3, -0.25) is 0 Å². The van der Waals surface area contributed by atoms with Gasteiger partial charge in [-0.2, -0.15) is 5.26 Å². The van der Waals surface area contributed by atoms with Gasteiger partial charge >= 0.3 is 0 Å². The number of nitriles is 1. The smallest absolute Gasteiger partial charge is 0.0627 e. The van der Waals surface area contributed by atoms with Gasteiger partial charge in [0.1, 0.15) is 0 Å². The van der Waals surface area contributed by atoms with Crippen LogP contribution in [0.25, 0.3) is 0 Å². The summed E-state index contributed by atoms with van der Waals surface area (Å²) >= 11 is 0. The average Bonchev–Trinajstić information content (AvgIpc) is 2.07. The zero-order valence-corrected chi connectivity index (χ0v) is 6.88. The fourth-order valence-corrected chi connectivity index (χ4v) is 1.41. The molecule has 0 bridgehead atoms. The highest BCUT2D eigenvalue weighted by atomic mass is 14.9. The number of allylic oxidation sites excluding steroid dienone is 1. The second-order valence-corrected chi connectivity index (χ2v) is 2.98. The fourth-order valence-electron chi connectivity index (χ4n) is 1.41. The van der Waals surface area contributed by atoms with Gasteiger partial charge in [0.05, 0.1) is 6.07 Å². The summed E-state index contributed by atoms with van der Waals surface area (Å²) in [5.41, 5.74) is 0. The minimum Gasteiger partial charge on any atom is -0.314 e. The van der Waals surface area contributed by atoms with Crippen molar-refractivity contribution in [2.24, 2.45) is 5.92 Å². The van der Waals surface area contributed by atoms with Crippen molar-refractivity contribution in [3.63, 3.8) is 0 Å². The Labute approximate surface area is 67.9 Å². The SMILES string of the molecule is CNC1C=CC(CC#N)CC1. The molecule has 0 aliphatic heterocycles. The van der Waals surface area contributed by atoms with Crippen LogP contribution in [0.3, 0.4) is 0 Å². The Morgan fingerprint density at radius 2 is 2.36 bits per heavy atom. The first-order valence-corrected chi connectivity index (χ1v) is 4.09. The molecule has 2 atom stereocenters. The standard InChI is InChI=1S/C9H14N2/c1-11-9-4-2-8(3-5-9)6-7-10/h2,4,8-9,11H,3,5-6H2,1H3. The van der Waals surface area contributed by atoms with Gasteiger partial charge in [0, 0.05) is 12.5 Å². The van der Waals surface area contributed by atoms with E-state index in [2.05, 4.69) is 23.5 Å². The zero-order chi connectivity index (χ0) is 8.10. The Bertz CT molecular complexity index is 178. The van der Waals surface area contributed by atoms with Crippen molar-refractivity contribution < 1.29 is 0 Å². The van der Waals surface area contributed by atoms with Crippen LogP contribution in [0.2, 0.25) is 0 Å². The number of rotatable bonds is 2. The van der Waals surface area contributed by atoms with Crippen molar-refractivity contribution in [3.05, 3.63) is 12.2 Å². The Kier molecular flexibility index (Phi) is 3.13. The average molecular weight is 150 g/mol. The third-order valence-corrected chi connectivity index (χ3v) is 2.19. The second kappa shape index (κ2) is 4.15. The lowest BCUT2D eigenvalue weighted by molar-refractivity contribution is 0.481. The molecular formula is C9H14N2. The van der Waals surface area contributed by atoms with Gasteiger partial charge in [0.25, 0.3) is 0 Å². The van der Waals surface area contributed by atoms with E-state index in [4.69, 9.17) is 5.26 Å². The molecule has 0 aromatic heterocycles. The highest BCUT2D eigenvalue weighted by molar-refractivity contribution is 5.03. The maximum Gasteiger partial charge on any atom is 0.0627 e. The van der Waals surface area contributed by atoms with Gasteiger partial charge < -0.3 is 5.32 Å².